The maximum Gasteiger partial charge on any atom is 0.133 e. The molecule has 0 bridgehead atoms. The minimum Gasteiger partial charge on any atom is -0.399 e. The van der Waals surface area contributed by atoms with Crippen molar-refractivity contribution in [3.05, 3.63) is 36.4 Å². The summed E-state index contributed by atoms with van der Waals surface area (Å²) in [7, 11) is 0. The van der Waals surface area contributed by atoms with E-state index in [0.717, 1.165) is 12.1 Å². The van der Waals surface area contributed by atoms with Crippen molar-refractivity contribution in [2.24, 2.45) is 0 Å². The molecule has 2 aromatic rings. The van der Waals surface area contributed by atoms with Crippen molar-refractivity contribution in [2.45, 2.75) is 13.5 Å². The quantitative estimate of drug-likeness (QED) is 0.764. The van der Waals surface area contributed by atoms with E-state index in [1.54, 1.807) is 23.0 Å². The smallest absolute Gasteiger partial charge is 0.133 e. The molecule has 1 aromatic carbocycles. The van der Waals surface area contributed by atoms with E-state index < -0.39 is 0 Å². The molecule has 2 rings (SSSR count). The molecule has 0 aliphatic carbocycles. The van der Waals surface area contributed by atoms with Crippen molar-refractivity contribution in [3.63, 3.8) is 0 Å². The summed E-state index contributed by atoms with van der Waals surface area (Å²) in [6, 6.07) is 4.67. The Kier molecular flexibility index (Phi) is 2.41. The molecule has 0 unspecified atom stereocenters. The lowest BCUT2D eigenvalue weighted by atomic mass is 10.1. The largest absolute Gasteiger partial charge is 0.399 e. The number of nitrogens with two attached hydrogens (primary N) is 1. The van der Waals surface area contributed by atoms with E-state index in [1.165, 1.54) is 6.07 Å². The number of nitrogen functional groups attached to an aromatic ring is 1. The summed E-state index contributed by atoms with van der Waals surface area (Å²) in [6.07, 6.45) is 3.46. The Morgan fingerprint density at radius 2 is 2.27 bits per heavy atom. The fraction of sp³-hybridized carbons (Fsp3) is 0.182. The highest BCUT2D eigenvalue weighted by Gasteiger charge is 2.07. The number of hydrogen-bond donors (Lipinski definition) is 1. The first-order valence-corrected chi connectivity index (χ1v) is 4.78. The number of benzene rings is 1. The molecular formula is C11H12FN3. The molecule has 0 radical (unpaired) electrons. The van der Waals surface area contributed by atoms with Gasteiger partial charge >= 0.3 is 0 Å². The predicted octanol–water partition coefficient (Wildman–Crippen LogP) is 2.29. The Hall–Kier alpha value is -1.84. The van der Waals surface area contributed by atoms with Crippen LogP contribution < -0.4 is 5.73 Å². The van der Waals surface area contributed by atoms with Gasteiger partial charge in [-0.15, -0.1) is 0 Å². The molecule has 0 saturated carbocycles. The second-order valence-electron chi connectivity index (χ2n) is 3.32. The van der Waals surface area contributed by atoms with E-state index in [0.29, 0.717) is 11.3 Å². The van der Waals surface area contributed by atoms with Crippen molar-refractivity contribution >= 4 is 5.69 Å². The Bertz CT molecular complexity index is 476. The number of nitrogens with zero attached hydrogens (tertiary/aromatic N) is 2. The van der Waals surface area contributed by atoms with Crippen molar-refractivity contribution in [2.75, 3.05) is 5.73 Å². The average Bonchev–Trinajstić information content (AvgIpc) is 2.66. The summed E-state index contributed by atoms with van der Waals surface area (Å²) in [4.78, 5) is 0. The Labute approximate surface area is 87.3 Å². The minimum absolute atomic E-state index is 0.314. The van der Waals surface area contributed by atoms with Crippen LogP contribution in [0.15, 0.2) is 30.6 Å². The van der Waals surface area contributed by atoms with Gasteiger partial charge in [-0.3, -0.25) is 4.68 Å². The lowest BCUT2D eigenvalue weighted by Gasteiger charge is -2.00. The molecule has 0 aliphatic heterocycles. The fourth-order valence-corrected chi connectivity index (χ4v) is 1.44. The van der Waals surface area contributed by atoms with E-state index in [-0.39, 0.29) is 5.82 Å². The van der Waals surface area contributed by atoms with Gasteiger partial charge in [0, 0.05) is 29.6 Å². The topological polar surface area (TPSA) is 43.8 Å². The Morgan fingerprint density at radius 3 is 2.87 bits per heavy atom. The lowest BCUT2D eigenvalue weighted by Crippen LogP contribution is -1.92. The van der Waals surface area contributed by atoms with Gasteiger partial charge in [0.15, 0.2) is 0 Å². The van der Waals surface area contributed by atoms with Crippen LogP contribution in [0.2, 0.25) is 0 Å². The first-order chi connectivity index (χ1) is 7.20. The highest BCUT2D eigenvalue weighted by molar-refractivity contribution is 5.64. The molecule has 3 nitrogen and oxygen atoms in total. The molecule has 0 atom stereocenters. The van der Waals surface area contributed by atoms with Crippen molar-refractivity contribution in [3.8, 4) is 11.1 Å². The minimum atomic E-state index is -0.314. The summed E-state index contributed by atoms with van der Waals surface area (Å²) < 4.78 is 15.3. The van der Waals surface area contributed by atoms with Gasteiger partial charge in [-0.25, -0.2) is 4.39 Å². The number of hydrogen-bond acceptors (Lipinski definition) is 2. The molecule has 78 valence electrons. The summed E-state index contributed by atoms with van der Waals surface area (Å²) >= 11 is 0. The van der Waals surface area contributed by atoms with E-state index >= 15 is 0 Å². The van der Waals surface area contributed by atoms with Crippen LogP contribution in [0, 0.1) is 5.82 Å². The van der Waals surface area contributed by atoms with Gasteiger partial charge in [-0.1, -0.05) is 0 Å². The van der Waals surface area contributed by atoms with E-state index in [9.17, 15) is 4.39 Å². The van der Waals surface area contributed by atoms with E-state index in [4.69, 9.17) is 5.73 Å². The second-order valence-corrected chi connectivity index (χ2v) is 3.32. The van der Waals surface area contributed by atoms with Crippen LogP contribution in [0.1, 0.15) is 6.92 Å². The molecule has 0 saturated heterocycles. The summed E-state index contributed by atoms with van der Waals surface area (Å²) in [5, 5.41) is 4.09. The third-order valence-corrected chi connectivity index (χ3v) is 2.26. The highest BCUT2D eigenvalue weighted by Crippen LogP contribution is 2.23. The Balaban J connectivity index is 2.44. The normalized spacial score (nSPS) is 10.5. The maximum absolute atomic E-state index is 13.5. The van der Waals surface area contributed by atoms with Gasteiger partial charge in [0.05, 0.1) is 6.20 Å². The van der Waals surface area contributed by atoms with Crippen LogP contribution in [-0.4, -0.2) is 9.78 Å². The fourth-order valence-electron chi connectivity index (χ4n) is 1.44. The molecule has 0 fully saturated rings. The van der Waals surface area contributed by atoms with Gasteiger partial charge in [-0.2, -0.15) is 5.10 Å². The molecule has 0 amide bonds. The van der Waals surface area contributed by atoms with Crippen LogP contribution in [0.4, 0.5) is 10.1 Å². The van der Waals surface area contributed by atoms with Gasteiger partial charge in [0.1, 0.15) is 5.82 Å². The van der Waals surface area contributed by atoms with E-state index in [2.05, 4.69) is 5.10 Å². The zero-order valence-electron chi connectivity index (χ0n) is 8.44. The third kappa shape index (κ3) is 1.83. The molecule has 15 heavy (non-hydrogen) atoms. The summed E-state index contributed by atoms with van der Waals surface area (Å²) in [5.41, 5.74) is 7.21. The number of rotatable bonds is 2. The Morgan fingerprint density at radius 1 is 1.47 bits per heavy atom. The van der Waals surface area contributed by atoms with Crippen LogP contribution in [0.5, 0.6) is 0 Å². The maximum atomic E-state index is 13.5. The van der Waals surface area contributed by atoms with Crippen LogP contribution in [0.25, 0.3) is 11.1 Å². The van der Waals surface area contributed by atoms with Gasteiger partial charge < -0.3 is 5.73 Å². The first-order valence-electron chi connectivity index (χ1n) is 4.78. The monoisotopic (exact) mass is 205 g/mol. The predicted molar refractivity (Wildman–Crippen MR) is 57.7 cm³/mol. The molecule has 1 aromatic heterocycles. The molecule has 2 N–H and O–H groups in total. The molecule has 0 aliphatic rings. The number of anilines is 1. The molecule has 0 spiro atoms. The lowest BCUT2D eigenvalue weighted by molar-refractivity contribution is 0.632. The van der Waals surface area contributed by atoms with Crippen LogP contribution in [0.3, 0.4) is 0 Å². The highest BCUT2D eigenvalue weighted by atomic mass is 19.1. The molecule has 4 heteroatoms. The van der Waals surface area contributed by atoms with Gasteiger partial charge in [0.25, 0.3) is 0 Å². The zero-order valence-corrected chi connectivity index (χ0v) is 8.44. The van der Waals surface area contributed by atoms with Crippen molar-refractivity contribution in [1.29, 1.82) is 0 Å². The van der Waals surface area contributed by atoms with Crippen LogP contribution in [-0.2, 0) is 6.54 Å². The molecule has 1 heterocycles. The van der Waals surface area contributed by atoms with E-state index in [1.807, 2.05) is 13.1 Å². The van der Waals surface area contributed by atoms with Gasteiger partial charge in [-0.05, 0) is 25.1 Å². The number of aromatic nitrogens is 2. The number of halogens is 1. The van der Waals surface area contributed by atoms with Crippen molar-refractivity contribution in [1.82, 2.24) is 9.78 Å². The van der Waals surface area contributed by atoms with Crippen LogP contribution >= 0.6 is 0 Å². The third-order valence-electron chi connectivity index (χ3n) is 2.26. The van der Waals surface area contributed by atoms with Gasteiger partial charge in [0.2, 0.25) is 0 Å². The standard InChI is InChI=1S/C11H12FN3/c1-2-15-7-8(6-14-15)10-4-3-9(13)5-11(10)12/h3-7H,2,13H2,1H3. The summed E-state index contributed by atoms with van der Waals surface area (Å²) in [6.45, 7) is 2.76. The SMILES string of the molecule is CCn1cc(-c2ccc(N)cc2F)cn1. The first kappa shape index (κ1) is 9.71. The summed E-state index contributed by atoms with van der Waals surface area (Å²) in [5.74, 6) is -0.314. The second kappa shape index (κ2) is 3.73. The zero-order chi connectivity index (χ0) is 10.8. The number of aryl methyl sites for hydroxylation is 1. The molecular weight excluding hydrogens is 193 g/mol. The van der Waals surface area contributed by atoms with Crippen molar-refractivity contribution < 1.29 is 4.39 Å². The average molecular weight is 205 g/mol.